The first-order valence-electron chi connectivity index (χ1n) is 14.9. The maximum atomic E-state index is 4.55. The van der Waals surface area contributed by atoms with Gasteiger partial charge in [-0.3, -0.25) is 0 Å². The fourth-order valence-corrected chi connectivity index (χ4v) is 21.2. The zero-order chi connectivity index (χ0) is 25.9. The summed E-state index contributed by atoms with van der Waals surface area (Å²) in [7, 11) is 0. The molecule has 0 aromatic carbocycles. The van der Waals surface area contributed by atoms with Crippen molar-refractivity contribution in [3.8, 4) is 0 Å². The zero-order valence-corrected chi connectivity index (χ0v) is 29.1. The van der Waals surface area contributed by atoms with Gasteiger partial charge in [-0.25, -0.2) is 0 Å². The van der Waals surface area contributed by atoms with Crippen LogP contribution >= 0.6 is 41.6 Å². The van der Waals surface area contributed by atoms with E-state index in [1.807, 2.05) is 0 Å². The Hall–Kier alpha value is 1.30. The van der Waals surface area contributed by atoms with Gasteiger partial charge < -0.3 is 0 Å². The third-order valence-corrected chi connectivity index (χ3v) is 26.9. The molecule has 206 valence electrons. The van der Waals surface area contributed by atoms with Gasteiger partial charge >= 0.3 is 234 Å². The van der Waals surface area contributed by atoms with Crippen LogP contribution in [0.3, 0.4) is 0 Å². The molecule has 0 heterocycles. The van der Waals surface area contributed by atoms with Crippen LogP contribution in [0.25, 0.3) is 0 Å². The van der Waals surface area contributed by atoms with E-state index in [1.165, 1.54) is 126 Å². The van der Waals surface area contributed by atoms with Crippen LogP contribution in [0.4, 0.5) is 0 Å². The Balaban J connectivity index is 5.54. The number of hydrogen-bond acceptors (Lipinski definition) is 0. The van der Waals surface area contributed by atoms with Gasteiger partial charge in [0.1, 0.15) is 0 Å². The molecule has 0 amide bonds. The summed E-state index contributed by atoms with van der Waals surface area (Å²) in [5, 5.41) is -3.65. The molecule has 0 saturated carbocycles. The molecule has 0 aliphatic heterocycles. The summed E-state index contributed by atoms with van der Waals surface area (Å²) in [5.74, 6) is 0. The first kappa shape index (κ1) is 35.3. The monoisotopic (exact) mass is 642 g/mol. The van der Waals surface area contributed by atoms with Crippen molar-refractivity contribution in [3.63, 3.8) is 0 Å². The molecular weight excluding hydrogens is 582 g/mol. The Bertz CT molecular complexity index is 471. The molecule has 0 aliphatic carbocycles. The summed E-state index contributed by atoms with van der Waals surface area (Å²) >= 11 is 9.09. The van der Waals surface area contributed by atoms with Gasteiger partial charge in [-0.1, -0.05) is 0 Å². The van der Waals surface area contributed by atoms with Crippen molar-refractivity contribution in [1.82, 2.24) is 0 Å². The van der Waals surface area contributed by atoms with Crippen molar-refractivity contribution < 1.29 is 0 Å². The average molecular weight is 645 g/mol. The van der Waals surface area contributed by atoms with E-state index in [0.717, 1.165) is 0 Å². The molecule has 0 nitrogen and oxygen atoms in total. The first-order valence-corrected chi connectivity index (χ1v) is 24.9. The Kier molecular flexibility index (Phi) is 19.2. The molecule has 0 aromatic rings. The fourth-order valence-electron chi connectivity index (χ4n) is 5.34. The number of rotatable bonds is 23. The molecule has 0 radical (unpaired) electrons. The second-order valence-corrected chi connectivity index (χ2v) is 34.1. The van der Waals surface area contributed by atoms with Crippen molar-refractivity contribution in [2.24, 2.45) is 0 Å². The Morgan fingerprint density at radius 2 is 0.618 bits per heavy atom. The van der Waals surface area contributed by atoms with Gasteiger partial charge in [-0.05, 0) is 0 Å². The number of halogens is 2. The summed E-state index contributed by atoms with van der Waals surface area (Å²) in [4.78, 5) is 0. The maximum absolute atomic E-state index is 4.55. The van der Waals surface area contributed by atoms with Crippen molar-refractivity contribution in [1.29, 1.82) is 0 Å². The van der Waals surface area contributed by atoms with Gasteiger partial charge in [0.15, 0.2) is 0 Å². The van der Waals surface area contributed by atoms with Crippen molar-refractivity contribution in [2.45, 2.75) is 119 Å². The number of unbranched alkanes of at least 4 members (excludes halogenated alkanes) is 6. The van der Waals surface area contributed by atoms with E-state index in [1.54, 1.807) is 0 Å². The van der Waals surface area contributed by atoms with Crippen LogP contribution in [-0.4, -0.2) is 49.3 Å². The Morgan fingerprint density at radius 1 is 0.412 bits per heavy atom. The van der Waals surface area contributed by atoms with E-state index in [0.29, 0.717) is 0 Å². The van der Waals surface area contributed by atoms with Gasteiger partial charge in [0, 0.05) is 0 Å². The third kappa shape index (κ3) is 13.7. The van der Waals surface area contributed by atoms with E-state index in [4.69, 9.17) is 0 Å². The average Bonchev–Trinajstić information content (AvgIpc) is 2.84. The number of allylic oxidation sites excluding steroid dienone is 4. The SMILES string of the molecule is CCCCP(Br)(C/C=C/C=C/CP(Br)(CCCC)(CCCC)CCCC)(CCCC)CCCC. The molecule has 0 aliphatic rings. The van der Waals surface area contributed by atoms with Crippen molar-refractivity contribution >= 4 is 41.6 Å². The van der Waals surface area contributed by atoms with Gasteiger partial charge in [-0.15, -0.1) is 0 Å². The second kappa shape index (κ2) is 18.5. The summed E-state index contributed by atoms with van der Waals surface area (Å²) in [6.45, 7) is 14.1. The van der Waals surface area contributed by atoms with Crippen LogP contribution in [0, 0.1) is 0 Å². The predicted molar refractivity (Wildman–Crippen MR) is 178 cm³/mol. The summed E-state index contributed by atoms with van der Waals surface area (Å²) < 4.78 is 0. The van der Waals surface area contributed by atoms with Crippen molar-refractivity contribution in [2.75, 3.05) is 49.3 Å². The molecule has 0 spiro atoms. The molecule has 0 aromatic heterocycles. The molecule has 0 N–H and O–H groups in total. The molecule has 0 atom stereocenters. The van der Waals surface area contributed by atoms with Gasteiger partial charge in [0.2, 0.25) is 0 Å². The quantitative estimate of drug-likeness (QED) is 0.0767. The van der Waals surface area contributed by atoms with Gasteiger partial charge in [0.25, 0.3) is 0 Å². The predicted octanol–water partition coefficient (Wildman–Crippen LogP) is 12.6. The molecule has 0 saturated heterocycles. The zero-order valence-electron chi connectivity index (χ0n) is 24.1. The van der Waals surface area contributed by atoms with E-state index >= 15 is 0 Å². The third-order valence-electron chi connectivity index (χ3n) is 7.93. The molecule has 4 heteroatoms. The van der Waals surface area contributed by atoms with Crippen LogP contribution in [0.5, 0.6) is 0 Å². The molecule has 0 unspecified atom stereocenters. The van der Waals surface area contributed by atoms with E-state index in [9.17, 15) is 0 Å². The van der Waals surface area contributed by atoms with E-state index in [-0.39, 0.29) is 0 Å². The van der Waals surface area contributed by atoms with Crippen LogP contribution in [0.2, 0.25) is 0 Å². The number of hydrogen-bond donors (Lipinski definition) is 0. The molecule has 0 bridgehead atoms. The molecule has 34 heavy (non-hydrogen) atoms. The Labute approximate surface area is 232 Å². The Morgan fingerprint density at radius 3 is 0.794 bits per heavy atom. The summed E-state index contributed by atoms with van der Waals surface area (Å²) in [6.07, 6.45) is 37.2. The fraction of sp³-hybridized carbons (Fsp3) is 0.867. The second-order valence-electron chi connectivity index (χ2n) is 11.3. The molecule has 0 rings (SSSR count). The van der Waals surface area contributed by atoms with Gasteiger partial charge in [0.05, 0.1) is 0 Å². The van der Waals surface area contributed by atoms with Crippen LogP contribution in [0.1, 0.15) is 119 Å². The van der Waals surface area contributed by atoms with E-state index in [2.05, 4.69) is 96.8 Å². The van der Waals surface area contributed by atoms with Crippen LogP contribution in [0.15, 0.2) is 24.3 Å². The summed E-state index contributed by atoms with van der Waals surface area (Å²) in [6, 6.07) is 0. The van der Waals surface area contributed by atoms with Crippen LogP contribution in [-0.2, 0) is 0 Å². The van der Waals surface area contributed by atoms with Crippen molar-refractivity contribution in [3.05, 3.63) is 24.3 Å². The first-order chi connectivity index (χ1) is 16.2. The van der Waals surface area contributed by atoms with Crippen LogP contribution < -0.4 is 0 Å². The van der Waals surface area contributed by atoms with Gasteiger partial charge in [-0.2, -0.15) is 0 Å². The normalized spacial score (nSPS) is 15.5. The minimum atomic E-state index is -1.82. The minimum absolute atomic E-state index is 1.29. The van der Waals surface area contributed by atoms with E-state index < -0.39 is 10.6 Å². The topological polar surface area (TPSA) is 0 Å². The molecular formula is C30H62Br2P2. The standard InChI is InChI=1S/C30H62Br2P2/c1-7-13-23-33(31,24-14-8-2,25-15-9-3)29-21-19-20-22-30-34(32,26-16-10-4,27-17-11-5)28-18-12-6/h19-22H,7-18,23-30H2,1-6H3/b21-19+,22-20+. The molecule has 0 fully saturated rings. The summed E-state index contributed by atoms with van der Waals surface area (Å²) in [5.41, 5.74) is 0.